The van der Waals surface area contributed by atoms with Crippen molar-refractivity contribution in [1.82, 2.24) is 10.2 Å². The van der Waals surface area contributed by atoms with E-state index in [-0.39, 0.29) is 5.54 Å². The van der Waals surface area contributed by atoms with Crippen LogP contribution in [0.2, 0.25) is 0 Å². The van der Waals surface area contributed by atoms with E-state index in [0.717, 1.165) is 25.7 Å². The molecule has 0 bridgehead atoms. The van der Waals surface area contributed by atoms with Crippen molar-refractivity contribution >= 4 is 0 Å². The van der Waals surface area contributed by atoms with Gasteiger partial charge in [-0.1, -0.05) is 0 Å². The van der Waals surface area contributed by atoms with E-state index in [1.54, 1.807) is 0 Å². The van der Waals surface area contributed by atoms with Crippen LogP contribution in [-0.4, -0.2) is 49.3 Å². The monoisotopic (exact) mass is 226 g/mol. The molecule has 0 spiro atoms. The molecule has 2 atom stereocenters. The SMILES string of the molecule is CC1CNC(C)(C)CN1CCC1CCOC1. The third-order valence-corrected chi connectivity index (χ3v) is 3.95. The van der Waals surface area contributed by atoms with Gasteiger partial charge in [0.05, 0.1) is 0 Å². The molecule has 94 valence electrons. The first-order valence-corrected chi connectivity index (χ1v) is 6.64. The number of nitrogens with zero attached hydrogens (tertiary/aromatic N) is 1. The molecule has 0 aliphatic carbocycles. The molecule has 2 heterocycles. The van der Waals surface area contributed by atoms with E-state index in [9.17, 15) is 0 Å². The lowest BCUT2D eigenvalue weighted by molar-refractivity contribution is 0.0962. The average Bonchev–Trinajstić information content (AvgIpc) is 2.72. The van der Waals surface area contributed by atoms with Crippen molar-refractivity contribution in [2.75, 3.05) is 32.8 Å². The molecule has 0 radical (unpaired) electrons. The van der Waals surface area contributed by atoms with E-state index in [4.69, 9.17) is 4.74 Å². The fourth-order valence-electron chi connectivity index (χ4n) is 2.73. The van der Waals surface area contributed by atoms with E-state index >= 15 is 0 Å². The Morgan fingerprint density at radius 2 is 2.25 bits per heavy atom. The van der Waals surface area contributed by atoms with Crippen LogP contribution < -0.4 is 5.32 Å². The van der Waals surface area contributed by atoms with E-state index in [1.807, 2.05) is 0 Å². The molecule has 3 heteroatoms. The van der Waals surface area contributed by atoms with Crippen LogP contribution in [0.15, 0.2) is 0 Å². The second-order valence-electron chi connectivity index (χ2n) is 6.10. The number of piperazine rings is 1. The highest BCUT2D eigenvalue weighted by molar-refractivity contribution is 4.90. The Balaban J connectivity index is 1.78. The molecule has 0 amide bonds. The molecule has 2 rings (SSSR count). The highest BCUT2D eigenvalue weighted by Crippen LogP contribution is 2.20. The summed E-state index contributed by atoms with van der Waals surface area (Å²) in [4.78, 5) is 2.63. The molecule has 3 nitrogen and oxygen atoms in total. The van der Waals surface area contributed by atoms with Crippen LogP contribution in [0.5, 0.6) is 0 Å². The maximum Gasteiger partial charge on any atom is 0.0495 e. The first kappa shape index (κ1) is 12.3. The van der Waals surface area contributed by atoms with Gasteiger partial charge in [-0.3, -0.25) is 4.90 Å². The fourth-order valence-corrected chi connectivity index (χ4v) is 2.73. The topological polar surface area (TPSA) is 24.5 Å². The first-order valence-electron chi connectivity index (χ1n) is 6.64. The van der Waals surface area contributed by atoms with Crippen molar-refractivity contribution in [2.24, 2.45) is 5.92 Å². The van der Waals surface area contributed by atoms with Gasteiger partial charge in [0.2, 0.25) is 0 Å². The summed E-state index contributed by atoms with van der Waals surface area (Å²) in [6.07, 6.45) is 2.57. The molecule has 16 heavy (non-hydrogen) atoms. The predicted octanol–water partition coefficient (Wildman–Crippen LogP) is 1.49. The van der Waals surface area contributed by atoms with Crippen molar-refractivity contribution in [3.05, 3.63) is 0 Å². The van der Waals surface area contributed by atoms with Gasteiger partial charge in [0.15, 0.2) is 0 Å². The molecule has 2 fully saturated rings. The van der Waals surface area contributed by atoms with Crippen LogP contribution in [0.3, 0.4) is 0 Å². The Hall–Kier alpha value is -0.120. The van der Waals surface area contributed by atoms with Crippen molar-refractivity contribution in [2.45, 2.75) is 45.2 Å². The van der Waals surface area contributed by atoms with Gasteiger partial charge >= 0.3 is 0 Å². The zero-order valence-corrected chi connectivity index (χ0v) is 11.0. The third kappa shape index (κ3) is 3.19. The van der Waals surface area contributed by atoms with E-state index < -0.39 is 0 Å². The Labute approximate surface area is 99.5 Å². The standard InChI is InChI=1S/C13H26N2O/c1-11-8-14-13(2,3)10-15(11)6-4-12-5-7-16-9-12/h11-12,14H,4-10H2,1-3H3. The van der Waals surface area contributed by atoms with Gasteiger partial charge in [0.1, 0.15) is 0 Å². The molecule has 0 aromatic heterocycles. The summed E-state index contributed by atoms with van der Waals surface area (Å²) < 4.78 is 5.43. The quantitative estimate of drug-likeness (QED) is 0.789. The van der Waals surface area contributed by atoms with Crippen molar-refractivity contribution in [1.29, 1.82) is 0 Å². The van der Waals surface area contributed by atoms with Crippen LogP contribution in [0.1, 0.15) is 33.6 Å². The lowest BCUT2D eigenvalue weighted by atomic mass is 9.97. The summed E-state index contributed by atoms with van der Waals surface area (Å²) in [7, 11) is 0. The summed E-state index contributed by atoms with van der Waals surface area (Å²) in [6, 6.07) is 0.676. The molecule has 1 N–H and O–H groups in total. The van der Waals surface area contributed by atoms with Crippen molar-refractivity contribution in [3.8, 4) is 0 Å². The van der Waals surface area contributed by atoms with E-state index in [0.29, 0.717) is 6.04 Å². The van der Waals surface area contributed by atoms with Crippen LogP contribution in [-0.2, 0) is 4.74 Å². The summed E-state index contributed by atoms with van der Waals surface area (Å²) in [5, 5.41) is 3.60. The molecular formula is C13H26N2O. The molecule has 2 aliphatic heterocycles. The largest absolute Gasteiger partial charge is 0.381 e. The molecular weight excluding hydrogens is 200 g/mol. The third-order valence-electron chi connectivity index (χ3n) is 3.95. The van der Waals surface area contributed by atoms with E-state index in [2.05, 4.69) is 31.0 Å². The van der Waals surface area contributed by atoms with Gasteiger partial charge in [0.25, 0.3) is 0 Å². The van der Waals surface area contributed by atoms with Crippen LogP contribution in [0.4, 0.5) is 0 Å². The minimum absolute atomic E-state index is 0.276. The molecule has 2 saturated heterocycles. The van der Waals surface area contributed by atoms with Gasteiger partial charge in [-0.05, 0) is 46.1 Å². The van der Waals surface area contributed by atoms with Gasteiger partial charge < -0.3 is 10.1 Å². The smallest absolute Gasteiger partial charge is 0.0495 e. The molecule has 2 unspecified atom stereocenters. The average molecular weight is 226 g/mol. The number of rotatable bonds is 3. The number of hydrogen-bond acceptors (Lipinski definition) is 3. The first-order chi connectivity index (χ1) is 7.57. The van der Waals surface area contributed by atoms with Gasteiger partial charge in [-0.2, -0.15) is 0 Å². The Bertz CT molecular complexity index is 224. The number of hydrogen-bond donors (Lipinski definition) is 1. The minimum Gasteiger partial charge on any atom is -0.381 e. The summed E-state index contributed by atoms with van der Waals surface area (Å²) in [6.45, 7) is 12.4. The Morgan fingerprint density at radius 3 is 2.94 bits per heavy atom. The van der Waals surface area contributed by atoms with Crippen LogP contribution in [0.25, 0.3) is 0 Å². The second kappa shape index (κ2) is 5.03. The zero-order chi connectivity index (χ0) is 11.6. The van der Waals surface area contributed by atoms with Crippen LogP contribution in [0, 0.1) is 5.92 Å². The predicted molar refractivity (Wildman–Crippen MR) is 66.7 cm³/mol. The molecule has 0 aromatic carbocycles. The van der Waals surface area contributed by atoms with Crippen LogP contribution >= 0.6 is 0 Å². The van der Waals surface area contributed by atoms with Crippen molar-refractivity contribution in [3.63, 3.8) is 0 Å². The zero-order valence-electron chi connectivity index (χ0n) is 11.0. The summed E-state index contributed by atoms with van der Waals surface area (Å²) >= 11 is 0. The molecule has 0 aromatic rings. The lowest BCUT2D eigenvalue weighted by Gasteiger charge is -2.43. The van der Waals surface area contributed by atoms with Gasteiger partial charge in [-0.15, -0.1) is 0 Å². The normalized spacial score (nSPS) is 35.4. The number of ether oxygens (including phenoxy) is 1. The summed E-state index contributed by atoms with van der Waals surface area (Å²) in [5.74, 6) is 0.810. The fraction of sp³-hybridized carbons (Fsp3) is 1.00. The minimum atomic E-state index is 0.276. The second-order valence-corrected chi connectivity index (χ2v) is 6.10. The van der Waals surface area contributed by atoms with Gasteiger partial charge in [0, 0.05) is 37.9 Å². The van der Waals surface area contributed by atoms with E-state index in [1.165, 1.54) is 25.9 Å². The molecule has 2 aliphatic rings. The van der Waals surface area contributed by atoms with Crippen molar-refractivity contribution < 1.29 is 4.74 Å². The lowest BCUT2D eigenvalue weighted by Crippen LogP contribution is -2.60. The maximum absolute atomic E-state index is 5.43. The number of nitrogens with one attached hydrogen (secondary N) is 1. The Morgan fingerprint density at radius 1 is 1.44 bits per heavy atom. The maximum atomic E-state index is 5.43. The van der Waals surface area contributed by atoms with Gasteiger partial charge in [-0.25, -0.2) is 0 Å². The Kier molecular flexibility index (Phi) is 3.88. The highest BCUT2D eigenvalue weighted by atomic mass is 16.5. The highest BCUT2D eigenvalue weighted by Gasteiger charge is 2.30. The molecule has 0 saturated carbocycles. The summed E-state index contributed by atoms with van der Waals surface area (Å²) in [5.41, 5.74) is 0.276.